The Morgan fingerprint density at radius 3 is 2.27 bits per heavy atom. The number of fused-ring (bicyclic) bond motifs is 1. The fourth-order valence-corrected chi connectivity index (χ4v) is 4.25. The van der Waals surface area contributed by atoms with Crippen molar-refractivity contribution in [1.82, 2.24) is 5.32 Å². The number of esters is 1. The summed E-state index contributed by atoms with van der Waals surface area (Å²) in [4.78, 5) is 37.7. The number of phenols is 2. The lowest BCUT2D eigenvalue weighted by molar-refractivity contribution is -0.267. The average Bonchev–Trinajstić information content (AvgIpc) is 2.93. The topological polar surface area (TPSA) is 205 Å². The van der Waals surface area contributed by atoms with Crippen LogP contribution in [0.5, 0.6) is 17.2 Å². The van der Waals surface area contributed by atoms with Gasteiger partial charge in [0.05, 0.1) is 7.11 Å². The van der Waals surface area contributed by atoms with Crippen molar-refractivity contribution in [1.29, 1.82) is 0 Å². The number of ether oxygens (including phenoxy) is 3. The molecule has 0 bridgehead atoms. The van der Waals surface area contributed by atoms with Gasteiger partial charge in [0.25, 0.3) is 5.91 Å². The van der Waals surface area contributed by atoms with Gasteiger partial charge < -0.3 is 49.5 Å². The number of carbonyl (C=O) groups excluding carboxylic acids is 2. The van der Waals surface area contributed by atoms with Crippen molar-refractivity contribution in [2.75, 3.05) is 7.11 Å². The van der Waals surface area contributed by atoms with Crippen molar-refractivity contribution < 1.29 is 53.7 Å². The minimum atomic E-state index is -1.95. The van der Waals surface area contributed by atoms with E-state index in [9.17, 15) is 39.9 Å². The van der Waals surface area contributed by atoms with E-state index in [2.05, 4.69) is 10.1 Å². The number of carbonyl (C=O) groups is 2. The molecule has 40 heavy (non-hydrogen) atoms. The molecule has 1 amide bonds. The normalized spacial score (nSPS) is 23.5. The van der Waals surface area contributed by atoms with E-state index in [-0.39, 0.29) is 16.7 Å². The van der Waals surface area contributed by atoms with Crippen LogP contribution in [-0.4, -0.2) is 81.3 Å². The summed E-state index contributed by atoms with van der Waals surface area (Å²) in [7, 11) is 1.14. The van der Waals surface area contributed by atoms with E-state index in [1.165, 1.54) is 0 Å². The molecule has 0 saturated carbocycles. The second-order valence-electron chi connectivity index (χ2n) is 9.55. The second kappa shape index (κ2) is 11.5. The van der Waals surface area contributed by atoms with Gasteiger partial charge in [0.1, 0.15) is 41.1 Å². The number of hydrogen-bond acceptors (Lipinski definition) is 12. The molecule has 0 radical (unpaired) electrons. The summed E-state index contributed by atoms with van der Waals surface area (Å²) in [6.07, 6.45) is -9.50. The standard InChI is InChI=1S/C27H29NO12/c1-11(2)18(26(36)37-3)28-25(35)24-22(33)21(32)23(34)27(40-24)39-16-10-15-17(20(31)19(16)30)13(29)9-14(38-15)12-7-5-4-6-8-12/h4-11,18,21-24,27,30-34H,1-3H3,(H,28,35). The zero-order valence-electron chi connectivity index (χ0n) is 21.7. The maximum Gasteiger partial charge on any atom is 0.328 e. The van der Waals surface area contributed by atoms with Gasteiger partial charge in [-0.2, -0.15) is 0 Å². The van der Waals surface area contributed by atoms with Crippen LogP contribution in [0.3, 0.4) is 0 Å². The Balaban J connectivity index is 1.66. The van der Waals surface area contributed by atoms with E-state index in [0.29, 0.717) is 5.56 Å². The van der Waals surface area contributed by atoms with E-state index >= 15 is 0 Å². The maximum atomic E-state index is 12.9. The third kappa shape index (κ3) is 5.45. The highest BCUT2D eigenvalue weighted by Crippen LogP contribution is 2.42. The Bertz CT molecular complexity index is 1450. The van der Waals surface area contributed by atoms with Gasteiger partial charge >= 0.3 is 5.97 Å². The molecule has 1 fully saturated rings. The molecule has 4 rings (SSSR count). The molecule has 2 aromatic carbocycles. The van der Waals surface area contributed by atoms with Gasteiger partial charge in [-0.25, -0.2) is 4.79 Å². The van der Waals surface area contributed by atoms with E-state index in [0.717, 1.165) is 19.2 Å². The zero-order chi connectivity index (χ0) is 29.3. The third-order valence-electron chi connectivity index (χ3n) is 6.48. The molecule has 1 aliphatic rings. The fourth-order valence-electron chi connectivity index (χ4n) is 4.25. The van der Waals surface area contributed by atoms with E-state index in [1.54, 1.807) is 44.2 Å². The zero-order valence-corrected chi connectivity index (χ0v) is 21.7. The number of aliphatic hydroxyl groups is 3. The van der Waals surface area contributed by atoms with Gasteiger partial charge in [-0.3, -0.25) is 9.59 Å². The molecule has 6 atom stereocenters. The van der Waals surface area contributed by atoms with Crippen LogP contribution in [-0.2, 0) is 19.1 Å². The number of amides is 1. The molecule has 6 unspecified atom stereocenters. The number of hydrogen-bond donors (Lipinski definition) is 6. The highest BCUT2D eigenvalue weighted by Gasteiger charge is 2.49. The molecule has 0 spiro atoms. The second-order valence-corrected chi connectivity index (χ2v) is 9.55. The first-order chi connectivity index (χ1) is 18.9. The van der Waals surface area contributed by atoms with Crippen molar-refractivity contribution in [3.8, 4) is 28.6 Å². The van der Waals surface area contributed by atoms with Crippen LogP contribution in [0.2, 0.25) is 0 Å². The molecule has 214 valence electrons. The van der Waals surface area contributed by atoms with Gasteiger partial charge in [0.2, 0.25) is 12.0 Å². The molecule has 2 heterocycles. The van der Waals surface area contributed by atoms with Crippen LogP contribution >= 0.6 is 0 Å². The SMILES string of the molecule is COC(=O)C(NC(=O)C1OC(Oc2cc3oc(-c4ccccc4)cc(=O)c3c(O)c2O)C(O)C(O)C1O)C(C)C. The fraction of sp³-hybridized carbons (Fsp3) is 0.370. The van der Waals surface area contributed by atoms with Crippen LogP contribution in [0.1, 0.15) is 13.8 Å². The number of phenolic OH excluding ortho intramolecular Hbond substituents is 2. The molecule has 1 aliphatic heterocycles. The van der Waals surface area contributed by atoms with Gasteiger partial charge in [-0.05, 0) is 5.92 Å². The predicted octanol–water partition coefficient (Wildman–Crippen LogP) is 0.371. The summed E-state index contributed by atoms with van der Waals surface area (Å²) in [6, 6.07) is 9.70. The van der Waals surface area contributed by atoms with Crippen LogP contribution in [0.15, 0.2) is 51.7 Å². The number of nitrogens with one attached hydrogen (secondary N) is 1. The molecule has 0 aliphatic carbocycles. The summed E-state index contributed by atoms with van der Waals surface area (Å²) in [6.45, 7) is 3.28. The first-order valence-electron chi connectivity index (χ1n) is 12.3. The number of benzene rings is 2. The smallest absolute Gasteiger partial charge is 0.328 e. The minimum absolute atomic E-state index is 0.156. The van der Waals surface area contributed by atoms with Crippen molar-refractivity contribution in [3.63, 3.8) is 0 Å². The molecule has 6 N–H and O–H groups in total. The summed E-state index contributed by atoms with van der Waals surface area (Å²) in [5.74, 6) is -4.33. The third-order valence-corrected chi connectivity index (χ3v) is 6.48. The number of rotatable bonds is 7. The van der Waals surface area contributed by atoms with Gasteiger partial charge in [-0.15, -0.1) is 0 Å². The lowest BCUT2D eigenvalue weighted by atomic mass is 9.97. The Labute approximate surface area is 227 Å². The van der Waals surface area contributed by atoms with Gasteiger partial charge in [0.15, 0.2) is 23.0 Å². The van der Waals surface area contributed by atoms with Crippen LogP contribution in [0.25, 0.3) is 22.3 Å². The van der Waals surface area contributed by atoms with Crippen molar-refractivity contribution >= 4 is 22.8 Å². The highest BCUT2D eigenvalue weighted by molar-refractivity contribution is 5.89. The molecule has 1 saturated heterocycles. The maximum absolute atomic E-state index is 12.9. The van der Waals surface area contributed by atoms with E-state index in [4.69, 9.17) is 13.9 Å². The molecular formula is C27H29NO12. The average molecular weight is 560 g/mol. The molecule has 13 nitrogen and oxygen atoms in total. The van der Waals surface area contributed by atoms with Crippen molar-refractivity contribution in [2.24, 2.45) is 5.92 Å². The highest BCUT2D eigenvalue weighted by atomic mass is 16.7. The van der Waals surface area contributed by atoms with Crippen molar-refractivity contribution in [2.45, 2.75) is 50.6 Å². The van der Waals surface area contributed by atoms with Crippen LogP contribution in [0.4, 0.5) is 0 Å². The summed E-state index contributed by atoms with van der Waals surface area (Å²) < 4.78 is 21.4. The van der Waals surface area contributed by atoms with Crippen LogP contribution < -0.4 is 15.5 Å². The lowest BCUT2D eigenvalue weighted by Crippen LogP contribution is -2.64. The first kappa shape index (κ1) is 28.8. The summed E-state index contributed by atoms with van der Waals surface area (Å²) in [5.41, 5.74) is -0.288. The molecule has 3 aromatic rings. The number of aliphatic hydroxyl groups excluding tert-OH is 3. The number of aromatic hydroxyl groups is 2. The molecule has 13 heteroatoms. The molecular weight excluding hydrogens is 530 g/mol. The van der Waals surface area contributed by atoms with Crippen molar-refractivity contribution in [3.05, 3.63) is 52.7 Å². The van der Waals surface area contributed by atoms with Crippen LogP contribution in [0, 0.1) is 5.92 Å². The largest absolute Gasteiger partial charge is 0.504 e. The number of methoxy groups -OCH3 is 1. The summed E-state index contributed by atoms with van der Waals surface area (Å²) in [5, 5.41) is 54.4. The van der Waals surface area contributed by atoms with Gasteiger partial charge in [0, 0.05) is 17.7 Å². The monoisotopic (exact) mass is 559 g/mol. The predicted molar refractivity (Wildman–Crippen MR) is 137 cm³/mol. The Morgan fingerprint density at radius 1 is 0.975 bits per heavy atom. The minimum Gasteiger partial charge on any atom is -0.504 e. The molecule has 1 aromatic heterocycles. The Morgan fingerprint density at radius 2 is 1.65 bits per heavy atom. The summed E-state index contributed by atoms with van der Waals surface area (Å²) >= 11 is 0. The Hall–Kier alpha value is -4.17. The lowest BCUT2D eigenvalue weighted by Gasteiger charge is -2.39. The van der Waals surface area contributed by atoms with E-state index in [1.807, 2.05) is 0 Å². The quantitative estimate of drug-likeness (QED) is 0.172. The Kier molecular flexibility index (Phi) is 8.30. The van der Waals surface area contributed by atoms with E-state index < -0.39 is 77.2 Å². The van der Waals surface area contributed by atoms with Gasteiger partial charge in [-0.1, -0.05) is 44.2 Å². The first-order valence-corrected chi connectivity index (χ1v) is 12.3.